The van der Waals surface area contributed by atoms with E-state index >= 15 is 0 Å². The average Bonchev–Trinajstić information content (AvgIpc) is 2.06. The van der Waals surface area contributed by atoms with Crippen LogP contribution in [-0.2, 0) is 4.74 Å². The minimum absolute atomic E-state index is 0.137. The number of nitrogens with zero attached hydrogens (tertiary/aromatic N) is 1. The fraction of sp³-hybridized carbons (Fsp3) is 0.333. The van der Waals surface area contributed by atoms with Crippen LogP contribution < -0.4 is 0 Å². The lowest BCUT2D eigenvalue weighted by molar-refractivity contribution is 0.324. The van der Waals surface area contributed by atoms with Crippen molar-refractivity contribution in [3.63, 3.8) is 0 Å². The van der Waals surface area contributed by atoms with Crippen LogP contribution in [0.15, 0.2) is 18.3 Å². The zero-order chi connectivity index (χ0) is 8.97. The van der Waals surface area contributed by atoms with Gasteiger partial charge in [0.05, 0.1) is 6.61 Å². The van der Waals surface area contributed by atoms with Gasteiger partial charge < -0.3 is 4.74 Å². The molecule has 64 valence electrons. The number of aromatic nitrogens is 1. The van der Waals surface area contributed by atoms with Gasteiger partial charge in [-0.2, -0.15) is 0 Å². The van der Waals surface area contributed by atoms with Crippen LogP contribution in [0.25, 0.3) is 0 Å². The van der Waals surface area contributed by atoms with Gasteiger partial charge in [0, 0.05) is 6.20 Å². The molecule has 1 aromatic rings. The van der Waals surface area contributed by atoms with Gasteiger partial charge in [0.15, 0.2) is 0 Å². The van der Waals surface area contributed by atoms with E-state index in [1.165, 1.54) is 0 Å². The van der Waals surface area contributed by atoms with E-state index in [0.29, 0.717) is 12.3 Å². The first-order chi connectivity index (χ1) is 5.74. The molecule has 1 heterocycles. The highest BCUT2D eigenvalue weighted by molar-refractivity contribution is 5.89. The first-order valence-corrected chi connectivity index (χ1v) is 3.88. The molecule has 0 bridgehead atoms. The smallest absolute Gasteiger partial charge is 0.232 e. The molecule has 0 fully saturated rings. The van der Waals surface area contributed by atoms with E-state index < -0.39 is 0 Å². The van der Waals surface area contributed by atoms with Crippen LogP contribution in [0.4, 0.5) is 0 Å². The monoisotopic (exact) mass is 164 g/mol. The standard InChI is InChI=1S/C9H12N2O/c1-3-12-9(10)8-5-4-7(2)6-11-8/h4-6,10H,3H2,1-2H3. The van der Waals surface area contributed by atoms with E-state index in [1.54, 1.807) is 12.3 Å². The van der Waals surface area contributed by atoms with Crippen LogP contribution >= 0.6 is 0 Å². The highest BCUT2D eigenvalue weighted by Crippen LogP contribution is 1.99. The number of hydrogen-bond acceptors (Lipinski definition) is 3. The summed E-state index contributed by atoms with van der Waals surface area (Å²) in [7, 11) is 0. The van der Waals surface area contributed by atoms with Gasteiger partial charge in [-0.1, -0.05) is 6.07 Å². The molecule has 0 saturated heterocycles. The Morgan fingerprint density at radius 2 is 2.33 bits per heavy atom. The van der Waals surface area contributed by atoms with E-state index in [-0.39, 0.29) is 5.90 Å². The van der Waals surface area contributed by atoms with E-state index in [1.807, 2.05) is 19.9 Å². The van der Waals surface area contributed by atoms with E-state index in [9.17, 15) is 0 Å². The predicted octanol–water partition coefficient (Wildman–Crippen LogP) is 1.75. The minimum Gasteiger partial charge on any atom is -0.477 e. The molecule has 0 aliphatic carbocycles. The highest BCUT2D eigenvalue weighted by Gasteiger charge is 2.01. The maximum absolute atomic E-state index is 7.42. The van der Waals surface area contributed by atoms with Gasteiger partial charge in [-0.15, -0.1) is 0 Å². The molecule has 1 rings (SSSR count). The first-order valence-electron chi connectivity index (χ1n) is 3.88. The maximum Gasteiger partial charge on any atom is 0.232 e. The molecule has 0 spiro atoms. The number of ether oxygens (including phenoxy) is 1. The zero-order valence-electron chi connectivity index (χ0n) is 7.29. The van der Waals surface area contributed by atoms with Crippen LogP contribution in [0.2, 0.25) is 0 Å². The summed E-state index contributed by atoms with van der Waals surface area (Å²) >= 11 is 0. The molecule has 0 amide bonds. The van der Waals surface area contributed by atoms with Gasteiger partial charge in [0.2, 0.25) is 5.90 Å². The Bertz CT molecular complexity index is 266. The second-order valence-electron chi connectivity index (χ2n) is 2.48. The van der Waals surface area contributed by atoms with Crippen LogP contribution in [-0.4, -0.2) is 17.5 Å². The molecule has 0 radical (unpaired) electrons. The second kappa shape index (κ2) is 3.85. The summed E-state index contributed by atoms with van der Waals surface area (Å²) < 4.78 is 4.99. The summed E-state index contributed by atoms with van der Waals surface area (Å²) in [6, 6.07) is 3.70. The van der Waals surface area contributed by atoms with Crippen molar-refractivity contribution in [2.75, 3.05) is 6.61 Å². The fourth-order valence-corrected chi connectivity index (χ4v) is 0.820. The Morgan fingerprint density at radius 3 is 2.83 bits per heavy atom. The van der Waals surface area contributed by atoms with Gasteiger partial charge in [-0.05, 0) is 25.5 Å². The number of hydrogen-bond donors (Lipinski definition) is 1. The third kappa shape index (κ3) is 2.05. The summed E-state index contributed by atoms with van der Waals surface area (Å²) in [6.45, 7) is 4.32. The Kier molecular flexibility index (Phi) is 2.80. The number of aryl methyl sites for hydroxylation is 1. The average molecular weight is 164 g/mol. The Morgan fingerprint density at radius 1 is 1.58 bits per heavy atom. The fourth-order valence-electron chi connectivity index (χ4n) is 0.820. The SMILES string of the molecule is CCOC(=N)c1ccc(C)cn1. The third-order valence-electron chi connectivity index (χ3n) is 1.43. The van der Waals surface area contributed by atoms with Gasteiger partial charge in [0.1, 0.15) is 5.69 Å². The summed E-state index contributed by atoms with van der Waals surface area (Å²) in [6.07, 6.45) is 1.73. The van der Waals surface area contributed by atoms with Crippen LogP contribution in [0.5, 0.6) is 0 Å². The van der Waals surface area contributed by atoms with Crippen molar-refractivity contribution in [3.05, 3.63) is 29.6 Å². The van der Waals surface area contributed by atoms with Crippen LogP contribution in [0.3, 0.4) is 0 Å². The van der Waals surface area contributed by atoms with E-state index in [2.05, 4.69) is 4.98 Å². The normalized spacial score (nSPS) is 9.50. The molecule has 12 heavy (non-hydrogen) atoms. The lowest BCUT2D eigenvalue weighted by Crippen LogP contribution is -2.06. The summed E-state index contributed by atoms with van der Waals surface area (Å²) in [5, 5.41) is 7.42. The molecule has 0 aliphatic rings. The van der Waals surface area contributed by atoms with Gasteiger partial charge >= 0.3 is 0 Å². The Hall–Kier alpha value is -1.38. The van der Waals surface area contributed by atoms with Crippen molar-refractivity contribution in [1.29, 1.82) is 5.41 Å². The number of pyridine rings is 1. The molecule has 0 atom stereocenters. The summed E-state index contributed by atoms with van der Waals surface area (Å²) in [4.78, 5) is 4.05. The van der Waals surface area contributed by atoms with Crippen molar-refractivity contribution < 1.29 is 4.74 Å². The molecular formula is C9H12N2O. The molecule has 3 heteroatoms. The van der Waals surface area contributed by atoms with Crippen molar-refractivity contribution >= 4 is 5.90 Å². The first kappa shape index (κ1) is 8.71. The van der Waals surface area contributed by atoms with Crippen LogP contribution in [0, 0.1) is 12.3 Å². The van der Waals surface area contributed by atoms with Gasteiger partial charge in [0.25, 0.3) is 0 Å². The Balaban J connectivity index is 2.75. The largest absolute Gasteiger partial charge is 0.477 e. The molecule has 1 aromatic heterocycles. The molecule has 0 aromatic carbocycles. The topological polar surface area (TPSA) is 46.0 Å². The zero-order valence-corrected chi connectivity index (χ0v) is 7.29. The van der Waals surface area contributed by atoms with Gasteiger partial charge in [-0.3, -0.25) is 10.4 Å². The van der Waals surface area contributed by atoms with Gasteiger partial charge in [-0.25, -0.2) is 0 Å². The lowest BCUT2D eigenvalue weighted by Gasteiger charge is -2.03. The summed E-state index contributed by atoms with van der Waals surface area (Å²) in [5.41, 5.74) is 1.67. The highest BCUT2D eigenvalue weighted by atomic mass is 16.5. The maximum atomic E-state index is 7.42. The number of rotatable bonds is 2. The van der Waals surface area contributed by atoms with Crippen LogP contribution in [0.1, 0.15) is 18.2 Å². The molecule has 0 aliphatic heterocycles. The lowest BCUT2D eigenvalue weighted by atomic mass is 10.3. The predicted molar refractivity (Wildman–Crippen MR) is 47.4 cm³/mol. The minimum atomic E-state index is 0.137. The number of nitrogens with one attached hydrogen (secondary N) is 1. The van der Waals surface area contributed by atoms with E-state index in [0.717, 1.165) is 5.56 Å². The molecule has 3 nitrogen and oxygen atoms in total. The van der Waals surface area contributed by atoms with Crippen molar-refractivity contribution in [1.82, 2.24) is 4.98 Å². The molecule has 0 unspecified atom stereocenters. The molecule has 0 saturated carbocycles. The third-order valence-corrected chi connectivity index (χ3v) is 1.43. The van der Waals surface area contributed by atoms with E-state index in [4.69, 9.17) is 10.1 Å². The quantitative estimate of drug-likeness (QED) is 0.534. The molecule has 1 N–H and O–H groups in total. The molecular weight excluding hydrogens is 152 g/mol. The van der Waals surface area contributed by atoms with Crippen molar-refractivity contribution in [2.24, 2.45) is 0 Å². The van der Waals surface area contributed by atoms with Crippen molar-refractivity contribution in [3.8, 4) is 0 Å². The summed E-state index contributed by atoms with van der Waals surface area (Å²) in [5.74, 6) is 0.137. The van der Waals surface area contributed by atoms with Crippen molar-refractivity contribution in [2.45, 2.75) is 13.8 Å². The second-order valence-corrected chi connectivity index (χ2v) is 2.48. The Labute approximate surface area is 71.9 Å².